The van der Waals surface area contributed by atoms with Crippen molar-refractivity contribution in [2.45, 2.75) is 22.0 Å². The molecule has 3 rings (SSSR count). The molecule has 176 valence electrons. The maximum absolute atomic E-state index is 13.8. The van der Waals surface area contributed by atoms with E-state index < -0.39 is 28.3 Å². The van der Waals surface area contributed by atoms with Crippen molar-refractivity contribution < 1.29 is 22.0 Å². The number of hydrogen-bond donors (Lipinski definition) is 1. The fourth-order valence-corrected chi connectivity index (χ4v) is 5.66. The van der Waals surface area contributed by atoms with E-state index in [9.17, 15) is 17.6 Å². The summed E-state index contributed by atoms with van der Waals surface area (Å²) in [5.74, 6) is 1.42. The molecule has 10 heteroatoms. The van der Waals surface area contributed by atoms with Crippen molar-refractivity contribution in [2.75, 3.05) is 29.4 Å². The minimum Gasteiger partial charge on any atom is -0.468 e. The van der Waals surface area contributed by atoms with Crippen LogP contribution in [0.4, 0.5) is 10.1 Å². The van der Waals surface area contributed by atoms with Gasteiger partial charge in [-0.15, -0.1) is 11.8 Å². The van der Waals surface area contributed by atoms with Crippen molar-refractivity contribution >= 4 is 45.1 Å². The van der Waals surface area contributed by atoms with E-state index in [1.807, 2.05) is 18.4 Å². The molecule has 0 saturated heterocycles. The number of carbonyl (C=O) groups excluding carboxylic acids is 1. The van der Waals surface area contributed by atoms with Crippen LogP contribution in [0.2, 0.25) is 0 Å². The lowest BCUT2D eigenvalue weighted by atomic mass is 10.3. The van der Waals surface area contributed by atoms with Crippen molar-refractivity contribution in [3.63, 3.8) is 0 Å². The molecule has 0 radical (unpaired) electrons. The van der Waals surface area contributed by atoms with Gasteiger partial charge in [0.2, 0.25) is 5.91 Å². The van der Waals surface area contributed by atoms with Gasteiger partial charge in [-0.2, -0.15) is 11.8 Å². The van der Waals surface area contributed by atoms with Crippen molar-refractivity contribution in [2.24, 2.45) is 0 Å². The second-order valence-electron chi connectivity index (χ2n) is 7.00. The van der Waals surface area contributed by atoms with E-state index in [0.717, 1.165) is 39.0 Å². The molecule has 0 unspecified atom stereocenters. The Bertz CT molecular complexity index is 1140. The normalized spacial score (nSPS) is 11.3. The molecule has 0 bridgehead atoms. The van der Waals surface area contributed by atoms with Crippen molar-refractivity contribution in [3.05, 3.63) is 78.5 Å². The Morgan fingerprint density at radius 3 is 2.58 bits per heavy atom. The van der Waals surface area contributed by atoms with Gasteiger partial charge in [-0.1, -0.05) is 6.07 Å². The Balaban J connectivity index is 1.63. The number of anilines is 1. The van der Waals surface area contributed by atoms with Gasteiger partial charge in [0.05, 0.1) is 22.6 Å². The summed E-state index contributed by atoms with van der Waals surface area (Å²) >= 11 is 3.17. The quantitative estimate of drug-likeness (QED) is 0.280. The third kappa shape index (κ3) is 7.28. The van der Waals surface area contributed by atoms with E-state index in [1.54, 1.807) is 30.2 Å². The molecule has 2 aromatic carbocycles. The number of carbonyl (C=O) groups is 1. The second kappa shape index (κ2) is 12.2. The van der Waals surface area contributed by atoms with Crippen LogP contribution in [-0.2, 0) is 20.6 Å². The molecule has 0 aliphatic carbocycles. The maximum Gasteiger partial charge on any atom is 0.264 e. The Kier molecular flexibility index (Phi) is 9.28. The molecule has 0 fully saturated rings. The molecule has 1 heterocycles. The molecule has 0 saturated carbocycles. The van der Waals surface area contributed by atoms with Crippen molar-refractivity contribution in [3.8, 4) is 0 Å². The highest BCUT2D eigenvalue weighted by atomic mass is 32.2. The summed E-state index contributed by atoms with van der Waals surface area (Å²) in [6.07, 6.45) is 4.24. The number of halogens is 1. The first kappa shape index (κ1) is 25.2. The molecule has 0 aliphatic rings. The van der Waals surface area contributed by atoms with E-state index in [0.29, 0.717) is 6.54 Å². The van der Waals surface area contributed by atoms with Crippen LogP contribution < -0.4 is 9.62 Å². The first-order chi connectivity index (χ1) is 15.9. The maximum atomic E-state index is 13.8. The van der Waals surface area contributed by atoms with Gasteiger partial charge >= 0.3 is 0 Å². The first-order valence-electron chi connectivity index (χ1n) is 10.2. The minimum atomic E-state index is -4.07. The standard InChI is InChI=1S/C23H25FN2O4S3/c1-31-21-8-10-22(11-9-21)33(28,29)26(19-6-2-5-18(24)15-19)16-23(27)25-12-4-14-32-17-20-7-3-13-30-20/h2-3,5-11,13,15H,4,12,14,16-17H2,1H3,(H,25,27). The molecule has 0 aliphatic heterocycles. The van der Waals surface area contributed by atoms with Gasteiger partial charge in [-0.25, -0.2) is 12.8 Å². The molecule has 3 aromatic rings. The third-order valence-electron chi connectivity index (χ3n) is 4.64. The lowest BCUT2D eigenvalue weighted by molar-refractivity contribution is -0.119. The van der Waals surface area contributed by atoms with Crippen LogP contribution in [-0.4, -0.2) is 39.4 Å². The fraction of sp³-hybridized carbons (Fsp3) is 0.261. The summed E-state index contributed by atoms with van der Waals surface area (Å²) in [4.78, 5) is 13.5. The molecule has 1 aromatic heterocycles. The van der Waals surface area contributed by atoms with Crippen LogP contribution >= 0.6 is 23.5 Å². The van der Waals surface area contributed by atoms with E-state index in [-0.39, 0.29) is 10.6 Å². The van der Waals surface area contributed by atoms with Crippen LogP contribution in [0.3, 0.4) is 0 Å². The first-order valence-corrected chi connectivity index (χ1v) is 14.0. The summed E-state index contributed by atoms with van der Waals surface area (Å²) in [6, 6.07) is 15.3. The number of hydrogen-bond acceptors (Lipinski definition) is 6. The smallest absolute Gasteiger partial charge is 0.264 e. The predicted molar refractivity (Wildman–Crippen MR) is 132 cm³/mol. The highest BCUT2D eigenvalue weighted by Gasteiger charge is 2.27. The number of amides is 1. The summed E-state index contributed by atoms with van der Waals surface area (Å²) < 4.78 is 46.7. The highest BCUT2D eigenvalue weighted by Crippen LogP contribution is 2.26. The molecule has 33 heavy (non-hydrogen) atoms. The van der Waals surface area contributed by atoms with E-state index >= 15 is 0 Å². The molecule has 0 atom stereocenters. The number of nitrogens with zero attached hydrogens (tertiary/aromatic N) is 1. The van der Waals surface area contributed by atoms with Gasteiger partial charge in [0.25, 0.3) is 10.0 Å². The van der Waals surface area contributed by atoms with Crippen molar-refractivity contribution in [1.82, 2.24) is 5.32 Å². The number of nitrogens with one attached hydrogen (secondary N) is 1. The fourth-order valence-electron chi connectivity index (χ4n) is 2.98. The monoisotopic (exact) mass is 508 g/mol. The van der Waals surface area contributed by atoms with E-state index in [4.69, 9.17) is 4.42 Å². The summed E-state index contributed by atoms with van der Waals surface area (Å²) in [5, 5.41) is 2.75. The molecular weight excluding hydrogens is 483 g/mol. The van der Waals surface area contributed by atoms with Gasteiger partial charge < -0.3 is 9.73 Å². The molecular formula is C23H25FN2O4S3. The SMILES string of the molecule is CSc1ccc(S(=O)(=O)N(CC(=O)NCCCSCc2ccco2)c2cccc(F)c2)cc1. The van der Waals surface area contributed by atoms with E-state index in [2.05, 4.69) is 5.32 Å². The number of thioether (sulfide) groups is 2. The largest absolute Gasteiger partial charge is 0.468 e. The Labute approximate surface area is 202 Å². The van der Waals surface area contributed by atoms with Gasteiger partial charge in [0.1, 0.15) is 18.1 Å². The highest BCUT2D eigenvalue weighted by molar-refractivity contribution is 7.98. The van der Waals surface area contributed by atoms with Gasteiger partial charge in [-0.05, 0) is 73.0 Å². The van der Waals surface area contributed by atoms with Crippen LogP contribution in [0.5, 0.6) is 0 Å². The van der Waals surface area contributed by atoms with Crippen LogP contribution in [0.1, 0.15) is 12.2 Å². The zero-order chi connectivity index (χ0) is 23.7. The number of sulfonamides is 1. The number of benzene rings is 2. The molecule has 1 N–H and O–H groups in total. The molecule has 1 amide bonds. The van der Waals surface area contributed by atoms with Gasteiger partial charge in [0, 0.05) is 11.4 Å². The second-order valence-corrected chi connectivity index (χ2v) is 10.8. The average Bonchev–Trinajstić information content (AvgIpc) is 3.33. The number of rotatable bonds is 12. The zero-order valence-corrected chi connectivity index (χ0v) is 20.5. The predicted octanol–water partition coefficient (Wildman–Crippen LogP) is 4.78. The lowest BCUT2D eigenvalue weighted by Gasteiger charge is -2.24. The Morgan fingerprint density at radius 1 is 1.12 bits per heavy atom. The summed E-state index contributed by atoms with van der Waals surface area (Å²) in [7, 11) is -4.07. The summed E-state index contributed by atoms with van der Waals surface area (Å²) in [5.41, 5.74) is 0.0908. The van der Waals surface area contributed by atoms with Crippen molar-refractivity contribution in [1.29, 1.82) is 0 Å². The van der Waals surface area contributed by atoms with Crippen LogP contribution in [0, 0.1) is 5.82 Å². The Morgan fingerprint density at radius 2 is 1.91 bits per heavy atom. The summed E-state index contributed by atoms with van der Waals surface area (Å²) in [6.45, 7) is -0.0426. The van der Waals surface area contributed by atoms with Gasteiger partial charge in [0.15, 0.2) is 0 Å². The number of furan rings is 1. The lowest BCUT2D eigenvalue weighted by Crippen LogP contribution is -2.41. The third-order valence-corrected chi connectivity index (χ3v) is 8.24. The van der Waals surface area contributed by atoms with E-state index in [1.165, 1.54) is 42.1 Å². The topological polar surface area (TPSA) is 79.6 Å². The molecule has 6 nitrogen and oxygen atoms in total. The van der Waals surface area contributed by atoms with Crippen LogP contribution in [0.25, 0.3) is 0 Å². The minimum absolute atomic E-state index is 0.0340. The zero-order valence-electron chi connectivity index (χ0n) is 18.1. The molecule has 0 spiro atoms. The Hall–Kier alpha value is -2.43. The van der Waals surface area contributed by atoms with Crippen LogP contribution in [0.15, 0.2) is 81.1 Å². The van der Waals surface area contributed by atoms with Gasteiger partial charge in [-0.3, -0.25) is 9.10 Å². The average molecular weight is 509 g/mol.